The molecule has 3 rings (SSSR count). The van der Waals surface area contributed by atoms with Crippen molar-refractivity contribution >= 4 is 0 Å². The summed E-state index contributed by atoms with van der Waals surface area (Å²) in [5, 5.41) is 3.65. The molecule has 0 aromatic carbocycles. The molecule has 2 nitrogen and oxygen atoms in total. The van der Waals surface area contributed by atoms with E-state index in [9.17, 15) is 0 Å². The van der Waals surface area contributed by atoms with Gasteiger partial charge in [0.15, 0.2) is 0 Å². The summed E-state index contributed by atoms with van der Waals surface area (Å²) in [5.41, 5.74) is 3.68. The molecule has 0 amide bonds. The summed E-state index contributed by atoms with van der Waals surface area (Å²) in [7, 11) is 2.13. The van der Waals surface area contributed by atoms with E-state index in [-0.39, 0.29) is 0 Å². The summed E-state index contributed by atoms with van der Waals surface area (Å²) in [4.78, 5) is 4.74. The topological polar surface area (TPSA) is 24.9 Å². The largest absolute Gasteiger partial charge is 0.316 e. The SMILES string of the molecule is CNC(C1CCCc2cccnc21)C1C(C)(C)C1(C)C. The number of aryl methyl sites for hydroxylation is 1. The minimum Gasteiger partial charge on any atom is -0.316 e. The summed E-state index contributed by atoms with van der Waals surface area (Å²) in [5.74, 6) is 1.31. The van der Waals surface area contributed by atoms with Gasteiger partial charge in [-0.2, -0.15) is 0 Å². The van der Waals surface area contributed by atoms with Gasteiger partial charge in [-0.25, -0.2) is 0 Å². The molecular weight excluding hydrogens is 244 g/mol. The molecule has 1 saturated carbocycles. The lowest BCUT2D eigenvalue weighted by Gasteiger charge is -2.32. The van der Waals surface area contributed by atoms with Gasteiger partial charge in [0.05, 0.1) is 0 Å². The Labute approximate surface area is 123 Å². The first kappa shape index (κ1) is 14.1. The Morgan fingerprint density at radius 2 is 1.95 bits per heavy atom. The Hall–Kier alpha value is -0.890. The molecule has 110 valence electrons. The van der Waals surface area contributed by atoms with Crippen molar-refractivity contribution in [1.29, 1.82) is 0 Å². The van der Waals surface area contributed by atoms with Crippen LogP contribution < -0.4 is 5.32 Å². The molecule has 2 unspecified atom stereocenters. The molecule has 2 atom stereocenters. The normalized spacial score (nSPS) is 28.8. The molecule has 0 radical (unpaired) electrons. The minimum absolute atomic E-state index is 0.424. The molecule has 2 heteroatoms. The highest BCUT2D eigenvalue weighted by Gasteiger charge is 2.67. The van der Waals surface area contributed by atoms with E-state index < -0.39 is 0 Å². The van der Waals surface area contributed by atoms with Crippen LogP contribution in [-0.2, 0) is 6.42 Å². The van der Waals surface area contributed by atoms with Gasteiger partial charge >= 0.3 is 0 Å². The highest BCUT2D eigenvalue weighted by atomic mass is 15.0. The van der Waals surface area contributed by atoms with Crippen molar-refractivity contribution in [3.8, 4) is 0 Å². The van der Waals surface area contributed by atoms with Gasteiger partial charge < -0.3 is 5.32 Å². The van der Waals surface area contributed by atoms with Crippen LogP contribution in [0.3, 0.4) is 0 Å². The van der Waals surface area contributed by atoms with Crippen LogP contribution in [0.1, 0.15) is 57.7 Å². The maximum atomic E-state index is 4.74. The number of nitrogens with one attached hydrogen (secondary N) is 1. The van der Waals surface area contributed by atoms with Crippen LogP contribution >= 0.6 is 0 Å². The Morgan fingerprint density at radius 3 is 2.55 bits per heavy atom. The lowest BCUT2D eigenvalue weighted by Crippen LogP contribution is -2.38. The van der Waals surface area contributed by atoms with Gasteiger partial charge in [-0.15, -0.1) is 0 Å². The van der Waals surface area contributed by atoms with Crippen molar-refractivity contribution in [3.05, 3.63) is 29.6 Å². The molecule has 2 aliphatic rings. The average molecular weight is 272 g/mol. The maximum absolute atomic E-state index is 4.74. The molecule has 1 heterocycles. The van der Waals surface area contributed by atoms with Crippen LogP contribution in [-0.4, -0.2) is 18.1 Å². The smallest absolute Gasteiger partial charge is 0.0482 e. The van der Waals surface area contributed by atoms with E-state index in [4.69, 9.17) is 4.98 Å². The maximum Gasteiger partial charge on any atom is 0.0482 e. The van der Waals surface area contributed by atoms with Crippen molar-refractivity contribution in [2.45, 2.75) is 58.9 Å². The van der Waals surface area contributed by atoms with Crippen molar-refractivity contribution in [2.75, 3.05) is 7.05 Å². The van der Waals surface area contributed by atoms with E-state index in [1.165, 1.54) is 30.5 Å². The van der Waals surface area contributed by atoms with Crippen LogP contribution in [0.15, 0.2) is 18.3 Å². The van der Waals surface area contributed by atoms with E-state index in [1.807, 2.05) is 6.20 Å². The van der Waals surface area contributed by atoms with Gasteiger partial charge in [-0.1, -0.05) is 33.8 Å². The lowest BCUT2D eigenvalue weighted by molar-refractivity contribution is 0.330. The third-order valence-corrected chi connectivity index (χ3v) is 6.50. The zero-order chi connectivity index (χ0) is 14.5. The Bertz CT molecular complexity index is 490. The molecule has 0 spiro atoms. The Kier molecular flexibility index (Phi) is 3.20. The predicted octanol–water partition coefficient (Wildman–Crippen LogP) is 3.77. The van der Waals surface area contributed by atoms with E-state index in [2.05, 4.69) is 52.2 Å². The lowest BCUT2D eigenvalue weighted by atomic mass is 9.79. The molecule has 1 aromatic heterocycles. The van der Waals surface area contributed by atoms with E-state index in [0.29, 0.717) is 22.8 Å². The molecule has 0 bridgehead atoms. The molecule has 2 aliphatic carbocycles. The monoisotopic (exact) mass is 272 g/mol. The fourth-order valence-electron chi connectivity index (χ4n) is 4.74. The fraction of sp³-hybridized carbons (Fsp3) is 0.722. The number of hydrogen-bond donors (Lipinski definition) is 1. The second kappa shape index (κ2) is 4.56. The predicted molar refractivity (Wildman–Crippen MR) is 83.8 cm³/mol. The highest BCUT2D eigenvalue weighted by Crippen LogP contribution is 2.71. The summed E-state index contributed by atoms with van der Waals surface area (Å²) in [6.45, 7) is 9.68. The number of aromatic nitrogens is 1. The van der Waals surface area contributed by atoms with Crippen LogP contribution in [0.5, 0.6) is 0 Å². The molecule has 0 saturated heterocycles. The summed E-state index contributed by atoms with van der Waals surface area (Å²) < 4.78 is 0. The zero-order valence-electron chi connectivity index (χ0n) is 13.5. The molecule has 1 N–H and O–H groups in total. The standard InChI is InChI=1S/C18H28N2/c1-17(2)16(18(17,3)4)15(19-5)13-10-6-8-12-9-7-11-20-14(12)13/h7,9,11,13,15-16,19H,6,8,10H2,1-5H3. The highest BCUT2D eigenvalue weighted by molar-refractivity contribution is 5.30. The summed E-state index contributed by atoms with van der Waals surface area (Å²) in [6.07, 6.45) is 5.74. The average Bonchev–Trinajstić information content (AvgIpc) is 2.83. The number of fused-ring (bicyclic) bond motifs is 1. The van der Waals surface area contributed by atoms with Crippen molar-refractivity contribution in [1.82, 2.24) is 10.3 Å². The van der Waals surface area contributed by atoms with Crippen molar-refractivity contribution in [3.63, 3.8) is 0 Å². The van der Waals surface area contributed by atoms with Crippen LogP contribution in [0, 0.1) is 16.7 Å². The second-order valence-electron chi connectivity index (χ2n) is 7.78. The number of pyridine rings is 1. The summed E-state index contributed by atoms with van der Waals surface area (Å²) in [6, 6.07) is 4.90. The quantitative estimate of drug-likeness (QED) is 0.906. The number of nitrogens with zero attached hydrogens (tertiary/aromatic N) is 1. The van der Waals surface area contributed by atoms with E-state index in [0.717, 1.165) is 5.92 Å². The number of rotatable bonds is 3. The second-order valence-corrected chi connectivity index (χ2v) is 7.78. The van der Waals surface area contributed by atoms with Gasteiger partial charge in [-0.3, -0.25) is 4.98 Å². The van der Waals surface area contributed by atoms with Gasteiger partial charge in [0.2, 0.25) is 0 Å². The van der Waals surface area contributed by atoms with E-state index >= 15 is 0 Å². The van der Waals surface area contributed by atoms with Gasteiger partial charge in [-0.05, 0) is 54.7 Å². The molecule has 1 fully saturated rings. The molecule has 20 heavy (non-hydrogen) atoms. The van der Waals surface area contributed by atoms with Crippen LogP contribution in [0.2, 0.25) is 0 Å². The Morgan fingerprint density at radius 1 is 1.25 bits per heavy atom. The molecule has 1 aromatic rings. The van der Waals surface area contributed by atoms with Gasteiger partial charge in [0, 0.05) is 23.9 Å². The van der Waals surface area contributed by atoms with Gasteiger partial charge in [0.25, 0.3) is 0 Å². The molecular formula is C18H28N2. The first-order valence-corrected chi connectivity index (χ1v) is 8.02. The van der Waals surface area contributed by atoms with Crippen molar-refractivity contribution in [2.24, 2.45) is 16.7 Å². The molecule has 0 aliphatic heterocycles. The van der Waals surface area contributed by atoms with E-state index in [1.54, 1.807) is 0 Å². The Balaban J connectivity index is 1.93. The first-order chi connectivity index (χ1) is 9.41. The fourth-order valence-corrected chi connectivity index (χ4v) is 4.74. The van der Waals surface area contributed by atoms with Crippen molar-refractivity contribution < 1.29 is 0 Å². The van der Waals surface area contributed by atoms with Crippen LogP contribution in [0.4, 0.5) is 0 Å². The van der Waals surface area contributed by atoms with Crippen LogP contribution in [0.25, 0.3) is 0 Å². The third-order valence-electron chi connectivity index (χ3n) is 6.50. The minimum atomic E-state index is 0.424. The zero-order valence-corrected chi connectivity index (χ0v) is 13.5. The number of hydrogen-bond acceptors (Lipinski definition) is 2. The van der Waals surface area contributed by atoms with Gasteiger partial charge in [0.1, 0.15) is 0 Å². The third kappa shape index (κ3) is 1.84. The number of likely N-dealkylation sites (N-methyl/N-ethyl adjacent to an activating group) is 1. The summed E-state index contributed by atoms with van der Waals surface area (Å²) >= 11 is 0. The first-order valence-electron chi connectivity index (χ1n) is 8.02.